The lowest BCUT2D eigenvalue weighted by molar-refractivity contribution is -0.131. The minimum atomic E-state index is -0.657. The Bertz CT molecular complexity index is 690. The van der Waals surface area contributed by atoms with E-state index in [-0.39, 0.29) is 17.5 Å². The molecule has 24 heavy (non-hydrogen) atoms. The lowest BCUT2D eigenvalue weighted by Gasteiger charge is -2.29. The van der Waals surface area contributed by atoms with E-state index < -0.39 is 17.7 Å². The average molecular weight is 331 g/mol. The Kier molecular flexibility index (Phi) is 4.57. The number of aliphatic hydroxyl groups is 1. The molecule has 0 bridgehead atoms. The Morgan fingerprint density at radius 3 is 2.79 bits per heavy atom. The number of rotatable bonds is 5. The van der Waals surface area contributed by atoms with Gasteiger partial charge in [-0.25, -0.2) is 0 Å². The Morgan fingerprint density at radius 2 is 2.17 bits per heavy atom. The Labute approximate surface area is 140 Å². The van der Waals surface area contributed by atoms with Crippen LogP contribution in [0.3, 0.4) is 0 Å². The molecule has 3 rings (SSSR count). The van der Waals surface area contributed by atoms with Crippen molar-refractivity contribution < 1.29 is 24.2 Å². The third-order valence-corrected chi connectivity index (χ3v) is 4.54. The van der Waals surface area contributed by atoms with Crippen molar-refractivity contribution in [2.45, 2.75) is 31.9 Å². The zero-order chi connectivity index (χ0) is 17.3. The summed E-state index contributed by atoms with van der Waals surface area (Å²) in [5.41, 5.74) is 0.795. The highest BCUT2D eigenvalue weighted by molar-refractivity contribution is 6.08. The fraction of sp³-hybridized carbons (Fsp3) is 0.444. The van der Waals surface area contributed by atoms with Crippen LogP contribution < -0.4 is 4.74 Å². The Hall–Kier alpha value is -2.34. The van der Waals surface area contributed by atoms with Gasteiger partial charge in [0, 0.05) is 18.7 Å². The number of hydrogen-bond donors (Lipinski definition) is 1. The SMILES string of the molecule is COc1ccccc1[C@@H]1C(C(C)=O)=C(O)C(=O)N1C[C@H]1CCCO1. The van der Waals surface area contributed by atoms with Crippen LogP contribution in [-0.4, -0.2) is 48.1 Å². The summed E-state index contributed by atoms with van der Waals surface area (Å²) in [5, 5.41) is 10.3. The largest absolute Gasteiger partial charge is 0.503 e. The van der Waals surface area contributed by atoms with Gasteiger partial charge < -0.3 is 19.5 Å². The molecular weight excluding hydrogens is 310 g/mol. The van der Waals surface area contributed by atoms with Crippen LogP contribution in [0.5, 0.6) is 5.75 Å². The lowest BCUT2D eigenvalue weighted by Crippen LogP contribution is -2.37. The summed E-state index contributed by atoms with van der Waals surface area (Å²) >= 11 is 0. The molecule has 2 heterocycles. The van der Waals surface area contributed by atoms with Crippen molar-refractivity contribution in [3.8, 4) is 5.75 Å². The maximum absolute atomic E-state index is 12.6. The van der Waals surface area contributed by atoms with Crippen LogP contribution in [0, 0.1) is 0 Å². The lowest BCUT2D eigenvalue weighted by atomic mass is 9.95. The predicted molar refractivity (Wildman–Crippen MR) is 86.8 cm³/mol. The van der Waals surface area contributed by atoms with Gasteiger partial charge in [0.05, 0.1) is 24.8 Å². The van der Waals surface area contributed by atoms with Gasteiger partial charge in [-0.05, 0) is 25.8 Å². The number of Topliss-reactive ketones (excluding diaryl/α,β-unsaturated/α-hetero) is 1. The highest BCUT2D eigenvalue weighted by Gasteiger charge is 2.44. The zero-order valence-electron chi connectivity index (χ0n) is 13.8. The van der Waals surface area contributed by atoms with Crippen LogP contribution in [0.2, 0.25) is 0 Å². The van der Waals surface area contributed by atoms with Gasteiger partial charge in [-0.1, -0.05) is 18.2 Å². The number of aliphatic hydroxyl groups excluding tert-OH is 1. The fourth-order valence-electron chi connectivity index (χ4n) is 3.42. The van der Waals surface area contributed by atoms with Gasteiger partial charge in [-0.3, -0.25) is 9.59 Å². The average Bonchev–Trinajstić information content (AvgIpc) is 3.17. The predicted octanol–water partition coefficient (Wildman–Crippen LogP) is 2.16. The van der Waals surface area contributed by atoms with Gasteiger partial charge in [0.25, 0.3) is 5.91 Å². The molecule has 6 nitrogen and oxygen atoms in total. The van der Waals surface area contributed by atoms with Crippen LogP contribution in [0.1, 0.15) is 31.4 Å². The third-order valence-electron chi connectivity index (χ3n) is 4.54. The minimum Gasteiger partial charge on any atom is -0.503 e. The van der Waals surface area contributed by atoms with Crippen molar-refractivity contribution in [2.75, 3.05) is 20.3 Å². The Balaban J connectivity index is 2.04. The topological polar surface area (TPSA) is 76.1 Å². The number of nitrogens with zero attached hydrogens (tertiary/aromatic N) is 1. The van der Waals surface area contributed by atoms with E-state index in [1.54, 1.807) is 12.1 Å². The van der Waals surface area contributed by atoms with Gasteiger partial charge in [0.2, 0.25) is 0 Å². The van der Waals surface area contributed by atoms with Crippen molar-refractivity contribution in [1.82, 2.24) is 4.90 Å². The summed E-state index contributed by atoms with van der Waals surface area (Å²) in [5.74, 6) is -0.768. The first-order chi connectivity index (χ1) is 11.5. The standard InChI is InChI=1S/C18H21NO5/c1-11(20)15-16(13-7-3-4-8-14(13)23-2)19(18(22)17(15)21)10-12-6-5-9-24-12/h3-4,7-8,12,16,21H,5-6,9-10H2,1-2H3/t12-,16-/m1/s1. The number of carbonyl (C=O) groups excluding carboxylic acids is 2. The first-order valence-corrected chi connectivity index (χ1v) is 8.04. The summed E-state index contributed by atoms with van der Waals surface area (Å²) in [6.45, 7) is 2.37. The smallest absolute Gasteiger partial charge is 0.290 e. The molecule has 1 aromatic carbocycles. The van der Waals surface area contributed by atoms with E-state index >= 15 is 0 Å². The highest BCUT2D eigenvalue weighted by atomic mass is 16.5. The molecule has 1 aromatic rings. The molecule has 0 aliphatic carbocycles. The molecule has 0 spiro atoms. The van der Waals surface area contributed by atoms with Crippen LogP contribution in [-0.2, 0) is 14.3 Å². The number of ether oxygens (including phenoxy) is 2. The molecule has 0 radical (unpaired) electrons. The number of amides is 1. The van der Waals surface area contributed by atoms with Gasteiger partial charge in [0.15, 0.2) is 11.5 Å². The molecule has 128 valence electrons. The second-order valence-electron chi connectivity index (χ2n) is 6.06. The van der Waals surface area contributed by atoms with Crippen LogP contribution in [0.4, 0.5) is 0 Å². The van der Waals surface area contributed by atoms with E-state index in [9.17, 15) is 14.7 Å². The maximum Gasteiger partial charge on any atom is 0.290 e. The molecule has 2 atom stereocenters. The number of ketones is 1. The molecule has 6 heteroatoms. The number of carbonyl (C=O) groups is 2. The number of methoxy groups -OCH3 is 1. The molecule has 1 N–H and O–H groups in total. The summed E-state index contributed by atoms with van der Waals surface area (Å²) in [4.78, 5) is 26.2. The molecule has 1 saturated heterocycles. The molecule has 1 amide bonds. The van der Waals surface area contributed by atoms with E-state index in [0.717, 1.165) is 12.8 Å². The molecule has 0 unspecified atom stereocenters. The molecule has 0 saturated carbocycles. The summed E-state index contributed by atoms with van der Waals surface area (Å²) in [6.07, 6.45) is 1.73. The zero-order valence-corrected chi connectivity index (χ0v) is 13.8. The summed E-state index contributed by atoms with van der Waals surface area (Å²) in [7, 11) is 1.54. The van der Waals surface area contributed by atoms with Crippen LogP contribution in [0.25, 0.3) is 0 Å². The fourth-order valence-corrected chi connectivity index (χ4v) is 3.42. The Morgan fingerprint density at radius 1 is 1.42 bits per heavy atom. The molecule has 1 fully saturated rings. The molecule has 0 aromatic heterocycles. The summed E-state index contributed by atoms with van der Waals surface area (Å²) in [6, 6.07) is 6.56. The maximum atomic E-state index is 12.6. The molecule has 2 aliphatic heterocycles. The van der Waals surface area contributed by atoms with Crippen LogP contribution >= 0.6 is 0 Å². The normalized spacial score (nSPS) is 23.9. The number of para-hydroxylation sites is 1. The second kappa shape index (κ2) is 6.65. The van der Waals surface area contributed by atoms with Crippen molar-refractivity contribution in [3.05, 3.63) is 41.2 Å². The highest BCUT2D eigenvalue weighted by Crippen LogP contribution is 2.41. The minimum absolute atomic E-state index is 0.0785. The van der Waals surface area contributed by atoms with Gasteiger partial charge in [0.1, 0.15) is 5.75 Å². The van der Waals surface area contributed by atoms with Crippen molar-refractivity contribution in [2.24, 2.45) is 0 Å². The van der Waals surface area contributed by atoms with Gasteiger partial charge in [-0.15, -0.1) is 0 Å². The number of benzene rings is 1. The van der Waals surface area contributed by atoms with E-state index in [1.807, 2.05) is 12.1 Å². The van der Waals surface area contributed by atoms with E-state index in [2.05, 4.69) is 0 Å². The van der Waals surface area contributed by atoms with Gasteiger partial charge in [-0.2, -0.15) is 0 Å². The first kappa shape index (κ1) is 16.5. The van der Waals surface area contributed by atoms with Gasteiger partial charge >= 0.3 is 0 Å². The van der Waals surface area contributed by atoms with E-state index in [0.29, 0.717) is 24.5 Å². The number of hydrogen-bond acceptors (Lipinski definition) is 5. The van der Waals surface area contributed by atoms with E-state index in [1.165, 1.54) is 18.9 Å². The van der Waals surface area contributed by atoms with Crippen molar-refractivity contribution >= 4 is 11.7 Å². The second-order valence-corrected chi connectivity index (χ2v) is 6.06. The van der Waals surface area contributed by atoms with E-state index in [4.69, 9.17) is 9.47 Å². The summed E-state index contributed by atoms with van der Waals surface area (Å²) < 4.78 is 11.0. The van der Waals surface area contributed by atoms with Crippen LogP contribution in [0.15, 0.2) is 35.6 Å². The third kappa shape index (κ3) is 2.78. The molecule has 2 aliphatic rings. The first-order valence-electron chi connectivity index (χ1n) is 8.04. The quantitative estimate of drug-likeness (QED) is 0.895. The monoisotopic (exact) mass is 331 g/mol. The molecular formula is C18H21NO5. The van der Waals surface area contributed by atoms with Crippen molar-refractivity contribution in [1.29, 1.82) is 0 Å². The van der Waals surface area contributed by atoms with Crippen molar-refractivity contribution in [3.63, 3.8) is 0 Å².